The van der Waals surface area contributed by atoms with Gasteiger partial charge in [0.25, 0.3) is 0 Å². The van der Waals surface area contributed by atoms with Gasteiger partial charge in [0.1, 0.15) is 11.9 Å². The zero-order valence-corrected chi connectivity index (χ0v) is 12.3. The second-order valence-electron chi connectivity index (χ2n) is 4.09. The fourth-order valence-corrected chi connectivity index (χ4v) is 3.10. The van der Waals surface area contributed by atoms with Crippen LogP contribution < -0.4 is 10.6 Å². The lowest BCUT2D eigenvalue weighted by atomic mass is 10.2. The Morgan fingerprint density at radius 1 is 1.47 bits per heavy atom. The van der Waals surface area contributed by atoms with Gasteiger partial charge in [-0.2, -0.15) is 11.8 Å². The molecule has 0 spiro atoms. The van der Waals surface area contributed by atoms with Crippen LogP contribution in [-0.2, 0) is 9.59 Å². The molecule has 1 aliphatic heterocycles. The van der Waals surface area contributed by atoms with Gasteiger partial charge in [0.15, 0.2) is 0 Å². The van der Waals surface area contributed by atoms with Gasteiger partial charge in [-0.15, -0.1) is 0 Å². The molecule has 102 valence electrons. The summed E-state index contributed by atoms with van der Waals surface area (Å²) in [5.41, 5.74) is 0.361. The van der Waals surface area contributed by atoms with Gasteiger partial charge in [0.05, 0.1) is 0 Å². The molecule has 1 saturated heterocycles. The third-order valence-corrected chi connectivity index (χ3v) is 4.06. The van der Waals surface area contributed by atoms with E-state index in [1.807, 2.05) is 0 Å². The van der Waals surface area contributed by atoms with Crippen LogP contribution in [-0.4, -0.2) is 29.4 Å². The Bertz CT molecular complexity index is 492. The first-order valence-electron chi connectivity index (χ1n) is 5.68. The van der Waals surface area contributed by atoms with Gasteiger partial charge in [0, 0.05) is 28.1 Å². The van der Waals surface area contributed by atoms with Gasteiger partial charge >= 0.3 is 0 Å². The summed E-state index contributed by atoms with van der Waals surface area (Å²) >= 11 is 4.70. The topological polar surface area (TPSA) is 58.2 Å². The van der Waals surface area contributed by atoms with Crippen molar-refractivity contribution in [2.75, 3.05) is 16.8 Å². The van der Waals surface area contributed by atoms with Gasteiger partial charge in [-0.25, -0.2) is 4.39 Å². The molecule has 4 nitrogen and oxygen atoms in total. The van der Waals surface area contributed by atoms with E-state index in [9.17, 15) is 14.0 Å². The molecule has 2 N–H and O–H groups in total. The van der Waals surface area contributed by atoms with E-state index in [1.54, 1.807) is 17.8 Å². The largest absolute Gasteiger partial charge is 0.343 e. The quantitative estimate of drug-likeness (QED) is 0.862. The van der Waals surface area contributed by atoms with Crippen molar-refractivity contribution in [3.05, 3.63) is 28.5 Å². The van der Waals surface area contributed by atoms with Crippen molar-refractivity contribution in [2.24, 2.45) is 0 Å². The van der Waals surface area contributed by atoms with E-state index >= 15 is 0 Å². The lowest BCUT2D eigenvalue weighted by Crippen LogP contribution is -2.44. The van der Waals surface area contributed by atoms with Crippen molar-refractivity contribution < 1.29 is 14.0 Å². The predicted molar refractivity (Wildman–Crippen MR) is 76.6 cm³/mol. The van der Waals surface area contributed by atoms with E-state index in [0.29, 0.717) is 28.1 Å². The number of carbonyl (C=O) groups excluding carboxylic acids is 2. The van der Waals surface area contributed by atoms with Crippen LogP contribution in [0.2, 0.25) is 0 Å². The Morgan fingerprint density at radius 3 is 3.00 bits per heavy atom. The minimum Gasteiger partial charge on any atom is -0.343 e. The third-order valence-electron chi connectivity index (χ3n) is 2.54. The van der Waals surface area contributed by atoms with E-state index in [-0.39, 0.29) is 11.8 Å². The van der Waals surface area contributed by atoms with E-state index < -0.39 is 11.9 Å². The smallest absolute Gasteiger partial charge is 0.247 e. The van der Waals surface area contributed by atoms with Crippen molar-refractivity contribution >= 4 is 45.2 Å². The Kier molecular flexibility index (Phi) is 4.81. The molecular formula is C12H12BrFN2O2S. The van der Waals surface area contributed by atoms with Crippen molar-refractivity contribution in [1.82, 2.24) is 5.32 Å². The Balaban J connectivity index is 2.05. The highest BCUT2D eigenvalue weighted by atomic mass is 79.9. The Morgan fingerprint density at radius 2 is 2.26 bits per heavy atom. The number of hydrogen-bond acceptors (Lipinski definition) is 3. The van der Waals surface area contributed by atoms with Crippen molar-refractivity contribution in [3.8, 4) is 0 Å². The molecule has 2 amide bonds. The first-order valence-corrected chi connectivity index (χ1v) is 7.63. The maximum Gasteiger partial charge on any atom is 0.247 e. The van der Waals surface area contributed by atoms with Gasteiger partial charge in [-0.05, 0) is 18.2 Å². The molecule has 1 fully saturated rings. The number of thioether (sulfide) groups is 1. The Labute approximate surface area is 122 Å². The lowest BCUT2D eigenvalue weighted by molar-refractivity contribution is -0.125. The molecule has 1 aromatic carbocycles. The normalized spacial score (nSPS) is 19.5. The summed E-state index contributed by atoms with van der Waals surface area (Å²) in [6, 6.07) is 3.56. The fraction of sp³-hybridized carbons (Fsp3) is 0.333. The maximum atomic E-state index is 13.2. The monoisotopic (exact) mass is 346 g/mol. The molecule has 0 unspecified atom stereocenters. The zero-order chi connectivity index (χ0) is 13.8. The highest BCUT2D eigenvalue weighted by Crippen LogP contribution is 2.19. The number of halogens is 2. The predicted octanol–water partition coefficient (Wildman–Crippen LogP) is 2.15. The molecule has 19 heavy (non-hydrogen) atoms. The summed E-state index contributed by atoms with van der Waals surface area (Å²) in [7, 11) is 0. The Hall–Kier alpha value is -1.08. The SMILES string of the molecule is O=C1CCSC[C@@H](C(=O)Nc2cc(F)cc(Br)c2)N1. The maximum absolute atomic E-state index is 13.2. The number of benzene rings is 1. The molecule has 0 aliphatic carbocycles. The number of amides is 2. The second kappa shape index (κ2) is 6.38. The van der Waals surface area contributed by atoms with Crippen LogP contribution in [0.3, 0.4) is 0 Å². The van der Waals surface area contributed by atoms with Crippen molar-refractivity contribution in [1.29, 1.82) is 0 Å². The van der Waals surface area contributed by atoms with Crippen LogP contribution in [0.1, 0.15) is 6.42 Å². The van der Waals surface area contributed by atoms with Crippen LogP contribution in [0.25, 0.3) is 0 Å². The van der Waals surface area contributed by atoms with Gasteiger partial charge < -0.3 is 10.6 Å². The fourth-order valence-electron chi connectivity index (χ4n) is 1.67. The van der Waals surface area contributed by atoms with Crippen LogP contribution >= 0.6 is 27.7 Å². The molecule has 0 bridgehead atoms. The van der Waals surface area contributed by atoms with Gasteiger partial charge in [-0.1, -0.05) is 15.9 Å². The van der Waals surface area contributed by atoms with Gasteiger partial charge in [-0.3, -0.25) is 9.59 Å². The van der Waals surface area contributed by atoms with E-state index in [2.05, 4.69) is 26.6 Å². The summed E-state index contributed by atoms with van der Waals surface area (Å²) in [5, 5.41) is 5.26. The molecule has 1 aliphatic rings. The molecular weight excluding hydrogens is 335 g/mol. The number of carbonyl (C=O) groups is 2. The lowest BCUT2D eigenvalue weighted by Gasteiger charge is -2.15. The highest BCUT2D eigenvalue weighted by molar-refractivity contribution is 9.10. The first-order chi connectivity index (χ1) is 9.04. The van der Waals surface area contributed by atoms with Crippen molar-refractivity contribution in [2.45, 2.75) is 12.5 Å². The van der Waals surface area contributed by atoms with Crippen LogP contribution in [0.5, 0.6) is 0 Å². The van der Waals surface area contributed by atoms with Gasteiger partial charge in [0.2, 0.25) is 11.8 Å². The van der Waals surface area contributed by atoms with Crippen LogP contribution in [0.4, 0.5) is 10.1 Å². The number of rotatable bonds is 2. The van der Waals surface area contributed by atoms with Crippen LogP contribution in [0, 0.1) is 5.82 Å². The summed E-state index contributed by atoms with van der Waals surface area (Å²) < 4.78 is 13.7. The molecule has 0 radical (unpaired) electrons. The molecule has 0 saturated carbocycles. The number of anilines is 1. The van der Waals surface area contributed by atoms with E-state index in [1.165, 1.54) is 12.1 Å². The molecule has 1 aromatic rings. The minimum atomic E-state index is -0.581. The zero-order valence-electron chi connectivity index (χ0n) is 9.91. The molecule has 2 rings (SSSR count). The summed E-state index contributed by atoms with van der Waals surface area (Å²) in [5.74, 6) is 0.324. The molecule has 7 heteroatoms. The second-order valence-corrected chi connectivity index (χ2v) is 6.16. The molecule has 0 aromatic heterocycles. The average Bonchev–Trinajstić information content (AvgIpc) is 2.52. The summed E-state index contributed by atoms with van der Waals surface area (Å²) in [6.07, 6.45) is 0.417. The summed E-state index contributed by atoms with van der Waals surface area (Å²) in [4.78, 5) is 23.4. The molecule has 1 atom stereocenters. The third kappa shape index (κ3) is 4.21. The van der Waals surface area contributed by atoms with Crippen molar-refractivity contribution in [3.63, 3.8) is 0 Å². The molecule has 1 heterocycles. The standard InChI is InChI=1S/C12H12BrFN2O2S/c13-7-3-8(14)5-9(4-7)15-12(18)10-6-19-2-1-11(17)16-10/h3-5,10H,1-2,6H2,(H,15,18)(H,16,17)/t10-/m0/s1. The minimum absolute atomic E-state index is 0.134. The van der Waals surface area contributed by atoms with E-state index in [0.717, 1.165) is 0 Å². The first kappa shape index (κ1) is 14.3. The average molecular weight is 347 g/mol. The number of nitrogens with one attached hydrogen (secondary N) is 2. The highest BCUT2D eigenvalue weighted by Gasteiger charge is 2.23. The van der Waals surface area contributed by atoms with E-state index in [4.69, 9.17) is 0 Å². The number of hydrogen-bond donors (Lipinski definition) is 2. The summed E-state index contributed by atoms with van der Waals surface area (Å²) in [6.45, 7) is 0. The van der Waals surface area contributed by atoms with Crippen LogP contribution in [0.15, 0.2) is 22.7 Å².